The van der Waals surface area contributed by atoms with E-state index in [4.69, 9.17) is 5.11 Å². The summed E-state index contributed by atoms with van der Waals surface area (Å²) < 4.78 is 4.66. The van der Waals surface area contributed by atoms with E-state index in [2.05, 4.69) is 9.68 Å². The van der Waals surface area contributed by atoms with E-state index in [1.165, 1.54) is 17.4 Å². The lowest BCUT2D eigenvalue weighted by atomic mass is 9.97. The van der Waals surface area contributed by atoms with E-state index in [1.54, 1.807) is 0 Å². The quantitative estimate of drug-likeness (QED) is 0.808. The maximum absolute atomic E-state index is 11.6. The van der Waals surface area contributed by atoms with Gasteiger partial charge in [-0.15, -0.1) is 0 Å². The number of piperidine rings is 1. The highest BCUT2D eigenvalue weighted by Gasteiger charge is 2.30. The summed E-state index contributed by atoms with van der Waals surface area (Å²) in [6, 6.07) is 0. The number of aliphatic carboxylic acids is 1. The van der Waals surface area contributed by atoms with Crippen LogP contribution < -0.4 is 0 Å². The molecule has 1 N–H and O–H groups in total. The van der Waals surface area contributed by atoms with Gasteiger partial charge in [0.15, 0.2) is 0 Å². The van der Waals surface area contributed by atoms with E-state index >= 15 is 0 Å². The second-order valence-corrected chi connectivity index (χ2v) is 3.88. The number of nitrogens with zero attached hydrogens (tertiary/aromatic N) is 2. The van der Waals surface area contributed by atoms with E-state index in [9.17, 15) is 9.59 Å². The first-order valence-corrected chi connectivity index (χ1v) is 5.05. The van der Waals surface area contributed by atoms with Gasteiger partial charge in [-0.25, -0.2) is 0 Å². The Balaban J connectivity index is 2.01. The van der Waals surface area contributed by atoms with Crippen LogP contribution >= 0.6 is 0 Å². The summed E-state index contributed by atoms with van der Waals surface area (Å²) in [5.41, 5.74) is 0.777. The Morgan fingerprint density at radius 2 is 2.50 bits per heavy atom. The van der Waals surface area contributed by atoms with Gasteiger partial charge in [0.2, 0.25) is 5.91 Å². The molecule has 86 valence electrons. The van der Waals surface area contributed by atoms with Crippen molar-refractivity contribution in [3.05, 3.63) is 18.0 Å². The van der Waals surface area contributed by atoms with Gasteiger partial charge in [-0.1, -0.05) is 5.16 Å². The van der Waals surface area contributed by atoms with E-state index in [-0.39, 0.29) is 12.5 Å². The number of carboxylic acids is 1. The largest absolute Gasteiger partial charge is 0.481 e. The van der Waals surface area contributed by atoms with Crippen molar-refractivity contribution < 1.29 is 19.2 Å². The lowest BCUT2D eigenvalue weighted by Crippen LogP contribution is -2.41. The molecule has 1 aliphatic rings. The number of rotatable bonds is 3. The minimum absolute atomic E-state index is 0.0151. The third-order valence-electron chi connectivity index (χ3n) is 2.71. The van der Waals surface area contributed by atoms with Crippen LogP contribution in [0.3, 0.4) is 0 Å². The van der Waals surface area contributed by atoms with Crippen molar-refractivity contribution in [1.29, 1.82) is 0 Å². The lowest BCUT2D eigenvalue weighted by Gasteiger charge is -2.30. The molecule has 1 saturated heterocycles. The zero-order chi connectivity index (χ0) is 11.5. The van der Waals surface area contributed by atoms with Crippen LogP contribution in [-0.2, 0) is 16.1 Å². The number of hydrogen-bond acceptors (Lipinski definition) is 4. The molecule has 1 aromatic heterocycles. The Morgan fingerprint density at radius 1 is 1.69 bits per heavy atom. The van der Waals surface area contributed by atoms with Crippen molar-refractivity contribution in [3.63, 3.8) is 0 Å². The van der Waals surface area contributed by atoms with Crippen LogP contribution in [0.4, 0.5) is 0 Å². The average Bonchev–Trinajstić information content (AvgIpc) is 2.73. The molecule has 0 aromatic carbocycles. The highest BCUT2D eigenvalue weighted by atomic mass is 16.5. The van der Waals surface area contributed by atoms with Gasteiger partial charge in [0.05, 0.1) is 18.7 Å². The number of amides is 1. The van der Waals surface area contributed by atoms with Crippen LogP contribution in [0.5, 0.6) is 0 Å². The normalized spacial score (nSPS) is 21.1. The number of aromatic nitrogens is 1. The maximum Gasteiger partial charge on any atom is 0.308 e. The number of carboxylic acid groups (broad SMARTS) is 1. The van der Waals surface area contributed by atoms with Crippen molar-refractivity contribution in [3.8, 4) is 0 Å². The number of carbonyl (C=O) groups excluding carboxylic acids is 1. The van der Waals surface area contributed by atoms with Crippen LogP contribution in [0.1, 0.15) is 18.4 Å². The minimum Gasteiger partial charge on any atom is -0.481 e. The highest BCUT2D eigenvalue weighted by molar-refractivity contribution is 5.80. The molecule has 1 aromatic rings. The van der Waals surface area contributed by atoms with Crippen LogP contribution in [0.2, 0.25) is 0 Å². The standard InChI is InChI=1S/C10H12N2O4/c13-9-2-1-8(10(14)15)5-12(9)4-7-3-11-16-6-7/h3,6,8H,1-2,4-5H2,(H,14,15). The zero-order valence-electron chi connectivity index (χ0n) is 8.63. The van der Waals surface area contributed by atoms with Gasteiger partial charge >= 0.3 is 5.97 Å². The van der Waals surface area contributed by atoms with Crippen molar-refractivity contribution in [2.45, 2.75) is 19.4 Å². The molecule has 6 nitrogen and oxygen atoms in total. The molecule has 0 bridgehead atoms. The maximum atomic E-state index is 11.6. The van der Waals surface area contributed by atoms with Crippen molar-refractivity contribution in [2.75, 3.05) is 6.54 Å². The van der Waals surface area contributed by atoms with Gasteiger partial charge in [0, 0.05) is 18.5 Å². The number of hydrogen-bond donors (Lipinski definition) is 1. The molecule has 1 unspecified atom stereocenters. The third-order valence-corrected chi connectivity index (χ3v) is 2.71. The molecule has 2 rings (SSSR count). The van der Waals surface area contributed by atoms with E-state index < -0.39 is 11.9 Å². The fraction of sp³-hybridized carbons (Fsp3) is 0.500. The second kappa shape index (κ2) is 4.34. The molecule has 0 saturated carbocycles. The number of carbonyl (C=O) groups is 2. The highest BCUT2D eigenvalue weighted by Crippen LogP contribution is 2.19. The SMILES string of the molecule is O=C(O)C1CCC(=O)N(Cc2cnoc2)C1. The van der Waals surface area contributed by atoms with Crippen LogP contribution in [0.15, 0.2) is 17.0 Å². The first-order valence-electron chi connectivity index (χ1n) is 5.05. The van der Waals surface area contributed by atoms with Gasteiger partial charge in [-0.05, 0) is 6.42 Å². The monoisotopic (exact) mass is 224 g/mol. The molecule has 0 aliphatic carbocycles. The summed E-state index contributed by atoms with van der Waals surface area (Å²) >= 11 is 0. The molecule has 1 fully saturated rings. The first kappa shape index (κ1) is 10.7. The molecule has 1 atom stereocenters. The predicted molar refractivity (Wildman–Crippen MR) is 52.3 cm³/mol. The summed E-state index contributed by atoms with van der Waals surface area (Å²) in [6.07, 6.45) is 3.70. The molecule has 0 radical (unpaired) electrons. The summed E-state index contributed by atoms with van der Waals surface area (Å²) in [4.78, 5) is 23.9. The second-order valence-electron chi connectivity index (χ2n) is 3.88. The molecule has 16 heavy (non-hydrogen) atoms. The van der Waals surface area contributed by atoms with Crippen LogP contribution in [-0.4, -0.2) is 33.6 Å². The van der Waals surface area contributed by atoms with Crippen LogP contribution in [0.25, 0.3) is 0 Å². The summed E-state index contributed by atoms with van der Waals surface area (Å²) in [5, 5.41) is 12.4. The lowest BCUT2D eigenvalue weighted by molar-refractivity contribution is -0.147. The van der Waals surface area contributed by atoms with Gasteiger partial charge < -0.3 is 14.5 Å². The smallest absolute Gasteiger partial charge is 0.308 e. The summed E-state index contributed by atoms with van der Waals surface area (Å²) in [7, 11) is 0. The first-order chi connectivity index (χ1) is 7.66. The minimum atomic E-state index is -0.845. The van der Waals surface area contributed by atoms with E-state index in [0.29, 0.717) is 19.4 Å². The Labute approximate surface area is 91.8 Å². The fourth-order valence-electron chi connectivity index (χ4n) is 1.79. The van der Waals surface area contributed by atoms with Gasteiger partial charge in [-0.3, -0.25) is 9.59 Å². The molecule has 1 amide bonds. The van der Waals surface area contributed by atoms with Crippen molar-refractivity contribution in [1.82, 2.24) is 10.1 Å². The van der Waals surface area contributed by atoms with E-state index in [0.717, 1.165) is 5.56 Å². The zero-order valence-corrected chi connectivity index (χ0v) is 8.63. The Morgan fingerprint density at radius 3 is 3.12 bits per heavy atom. The molecular formula is C10H12N2O4. The predicted octanol–water partition coefficient (Wildman–Crippen LogP) is 0.498. The van der Waals surface area contributed by atoms with Gasteiger partial charge in [0.1, 0.15) is 6.26 Å². The Bertz CT molecular complexity index is 388. The van der Waals surface area contributed by atoms with Gasteiger partial charge in [-0.2, -0.15) is 0 Å². The van der Waals surface area contributed by atoms with Crippen LogP contribution in [0, 0.1) is 5.92 Å². The molecule has 0 spiro atoms. The van der Waals surface area contributed by atoms with Crippen molar-refractivity contribution >= 4 is 11.9 Å². The molecule has 6 heteroatoms. The third kappa shape index (κ3) is 2.21. The fourth-order valence-corrected chi connectivity index (χ4v) is 1.79. The summed E-state index contributed by atoms with van der Waals surface area (Å²) in [5.74, 6) is -1.32. The Kier molecular flexibility index (Phi) is 2.89. The topological polar surface area (TPSA) is 83.6 Å². The van der Waals surface area contributed by atoms with E-state index in [1.807, 2.05) is 0 Å². The molecular weight excluding hydrogens is 212 g/mol. The van der Waals surface area contributed by atoms with Crippen molar-refractivity contribution in [2.24, 2.45) is 5.92 Å². The average molecular weight is 224 g/mol. The van der Waals surface area contributed by atoms with Gasteiger partial charge in [0.25, 0.3) is 0 Å². The molecule has 2 heterocycles. The Hall–Kier alpha value is -1.85. The summed E-state index contributed by atoms with van der Waals surface area (Å²) in [6.45, 7) is 0.630. The molecule has 1 aliphatic heterocycles. The number of likely N-dealkylation sites (tertiary alicyclic amines) is 1.